The van der Waals surface area contributed by atoms with E-state index in [1.807, 2.05) is 48.7 Å². The van der Waals surface area contributed by atoms with Crippen molar-refractivity contribution in [2.75, 3.05) is 5.32 Å². The van der Waals surface area contributed by atoms with Gasteiger partial charge in [0.05, 0.1) is 21.6 Å². The first-order chi connectivity index (χ1) is 14.6. The molecule has 6 nitrogen and oxygen atoms in total. The molecule has 148 valence electrons. The van der Waals surface area contributed by atoms with Crippen LogP contribution in [0.4, 0.5) is 10.8 Å². The molecule has 2 N–H and O–H groups in total. The van der Waals surface area contributed by atoms with E-state index in [0.717, 1.165) is 27.0 Å². The number of hydrogen-bond donors (Lipinski definition) is 2. The fourth-order valence-corrected chi connectivity index (χ4v) is 5.30. The number of fused-ring (bicyclic) bond motifs is 1. The van der Waals surface area contributed by atoms with E-state index in [4.69, 9.17) is 0 Å². The molecule has 0 aliphatic carbocycles. The summed E-state index contributed by atoms with van der Waals surface area (Å²) in [6.07, 6.45) is 0. The first-order valence-corrected chi connectivity index (χ1v) is 10.9. The summed E-state index contributed by atoms with van der Waals surface area (Å²) < 4.78 is 1.18. The Labute approximate surface area is 179 Å². The van der Waals surface area contributed by atoms with Crippen molar-refractivity contribution < 1.29 is 0 Å². The van der Waals surface area contributed by atoms with Crippen LogP contribution in [0.15, 0.2) is 75.6 Å². The first kappa shape index (κ1) is 18.5. The zero-order valence-electron chi connectivity index (χ0n) is 15.9. The van der Waals surface area contributed by atoms with E-state index >= 15 is 0 Å². The van der Waals surface area contributed by atoms with Crippen molar-refractivity contribution in [2.45, 2.75) is 6.92 Å². The molecule has 0 aliphatic rings. The number of hydrogen-bond acceptors (Lipinski definition) is 6. The van der Waals surface area contributed by atoms with Gasteiger partial charge in [0.15, 0.2) is 5.13 Å². The number of nitrogens with zero attached hydrogens (tertiary/aromatic N) is 2. The predicted octanol–water partition coefficient (Wildman–Crippen LogP) is 4.92. The van der Waals surface area contributed by atoms with Gasteiger partial charge in [0.1, 0.15) is 4.83 Å². The lowest BCUT2D eigenvalue weighted by molar-refractivity contribution is 0.903. The van der Waals surface area contributed by atoms with Crippen LogP contribution < -0.4 is 16.6 Å². The summed E-state index contributed by atoms with van der Waals surface area (Å²) in [5.41, 5.74) is 2.33. The van der Waals surface area contributed by atoms with Crippen LogP contribution in [0.5, 0.6) is 0 Å². The number of nitrogens with one attached hydrogen (secondary N) is 2. The van der Waals surface area contributed by atoms with E-state index in [1.54, 1.807) is 24.3 Å². The number of thiophene rings is 1. The number of thiazole rings is 1. The van der Waals surface area contributed by atoms with Gasteiger partial charge >= 0.3 is 5.69 Å². The Balaban J connectivity index is 1.60. The molecule has 0 unspecified atom stereocenters. The molecule has 0 radical (unpaired) electrons. The van der Waals surface area contributed by atoms with Gasteiger partial charge in [0, 0.05) is 11.1 Å². The number of aromatic nitrogens is 3. The summed E-state index contributed by atoms with van der Waals surface area (Å²) in [5.74, 6) is 0. The number of benzene rings is 2. The Kier molecular flexibility index (Phi) is 4.57. The third kappa shape index (κ3) is 3.16. The number of para-hydroxylation sites is 2. The van der Waals surface area contributed by atoms with Crippen molar-refractivity contribution in [2.24, 2.45) is 0 Å². The molecule has 30 heavy (non-hydrogen) atoms. The highest BCUT2D eigenvalue weighted by Gasteiger charge is 2.19. The average molecular weight is 433 g/mol. The van der Waals surface area contributed by atoms with E-state index in [0.29, 0.717) is 15.9 Å². The van der Waals surface area contributed by atoms with Crippen molar-refractivity contribution in [3.05, 3.63) is 92.4 Å². The van der Waals surface area contributed by atoms with E-state index in [9.17, 15) is 9.59 Å². The minimum absolute atomic E-state index is 0.321. The second-order valence-electron chi connectivity index (χ2n) is 6.70. The first-order valence-electron chi connectivity index (χ1n) is 9.23. The Morgan fingerprint density at radius 2 is 1.70 bits per heavy atom. The molecule has 0 saturated heterocycles. The summed E-state index contributed by atoms with van der Waals surface area (Å²) in [4.78, 5) is 34.8. The van der Waals surface area contributed by atoms with Crippen molar-refractivity contribution in [1.29, 1.82) is 0 Å². The third-order valence-electron chi connectivity index (χ3n) is 4.76. The van der Waals surface area contributed by atoms with Crippen LogP contribution in [0.25, 0.3) is 26.5 Å². The molecule has 0 spiro atoms. The molecular formula is C22H16N4O2S2. The lowest BCUT2D eigenvalue weighted by Gasteiger charge is -2.04. The maximum absolute atomic E-state index is 13.2. The summed E-state index contributed by atoms with van der Waals surface area (Å²) in [7, 11) is 0. The monoisotopic (exact) mass is 432 g/mol. The largest absolute Gasteiger partial charge is 0.334 e. The normalized spacial score (nSPS) is 11.1. The molecule has 3 heterocycles. The maximum Gasteiger partial charge on any atom is 0.334 e. The van der Waals surface area contributed by atoms with E-state index in [-0.39, 0.29) is 5.56 Å². The van der Waals surface area contributed by atoms with Gasteiger partial charge in [0.2, 0.25) is 0 Å². The van der Waals surface area contributed by atoms with Gasteiger partial charge in [-0.25, -0.2) is 14.3 Å². The molecule has 0 atom stereocenters. The van der Waals surface area contributed by atoms with Crippen LogP contribution in [-0.2, 0) is 0 Å². The number of H-pyrrole nitrogens is 1. The quantitative estimate of drug-likeness (QED) is 0.423. The zero-order chi connectivity index (χ0) is 20.7. The van der Waals surface area contributed by atoms with Gasteiger partial charge in [-0.05, 0) is 36.8 Å². The van der Waals surface area contributed by atoms with Crippen LogP contribution in [0.2, 0.25) is 0 Å². The van der Waals surface area contributed by atoms with Crippen molar-refractivity contribution >= 4 is 43.7 Å². The highest BCUT2D eigenvalue weighted by atomic mass is 32.1. The highest BCUT2D eigenvalue weighted by Crippen LogP contribution is 2.37. The fraction of sp³-hybridized carbons (Fsp3) is 0.0455. The molecule has 3 aromatic heterocycles. The number of anilines is 2. The molecule has 8 heteroatoms. The molecule has 5 aromatic rings. The van der Waals surface area contributed by atoms with Gasteiger partial charge in [-0.2, -0.15) is 0 Å². The summed E-state index contributed by atoms with van der Waals surface area (Å²) >= 11 is 2.87. The van der Waals surface area contributed by atoms with E-state index in [1.165, 1.54) is 27.2 Å². The molecule has 0 bridgehead atoms. The lowest BCUT2D eigenvalue weighted by atomic mass is 10.2. The van der Waals surface area contributed by atoms with Gasteiger partial charge in [-0.1, -0.05) is 36.4 Å². The summed E-state index contributed by atoms with van der Waals surface area (Å²) in [5, 5.41) is 6.53. The molecule has 5 rings (SSSR count). The Morgan fingerprint density at radius 3 is 2.43 bits per heavy atom. The molecule has 0 saturated carbocycles. The topological polar surface area (TPSA) is 79.8 Å². The van der Waals surface area contributed by atoms with Crippen LogP contribution in [0, 0.1) is 6.92 Å². The molecular weight excluding hydrogens is 416 g/mol. The third-order valence-corrected chi connectivity index (χ3v) is 6.75. The number of rotatable bonds is 4. The second kappa shape index (κ2) is 7.40. The van der Waals surface area contributed by atoms with Crippen LogP contribution in [-0.4, -0.2) is 14.5 Å². The van der Waals surface area contributed by atoms with Gasteiger partial charge < -0.3 is 5.32 Å². The van der Waals surface area contributed by atoms with Crippen LogP contribution in [0.1, 0.15) is 5.56 Å². The van der Waals surface area contributed by atoms with Crippen molar-refractivity contribution in [3.63, 3.8) is 0 Å². The Morgan fingerprint density at radius 1 is 1.00 bits per heavy atom. The van der Waals surface area contributed by atoms with Crippen molar-refractivity contribution in [3.8, 4) is 16.3 Å². The number of aromatic amines is 1. The standard InChI is InChI=1S/C22H16N4O2S2/c1-13-17-19(25-22(28)26(20(17)27)15-10-6-3-7-11-15)30-18(13)16-12-29-21(24-16)23-14-8-4-2-5-9-14/h2-12H,1H3,(H,23,24)(H,25,28). The Hall–Kier alpha value is -3.49. The SMILES string of the molecule is Cc1c(-c2csc(Nc3ccccc3)n2)sc2[nH]c(=O)n(-c3ccccc3)c(=O)c12. The van der Waals surface area contributed by atoms with E-state index < -0.39 is 5.69 Å². The minimum atomic E-state index is -0.448. The molecule has 0 aliphatic heterocycles. The smallest absolute Gasteiger partial charge is 0.332 e. The van der Waals surface area contributed by atoms with Gasteiger partial charge in [0.25, 0.3) is 5.56 Å². The predicted molar refractivity (Wildman–Crippen MR) is 124 cm³/mol. The second-order valence-corrected chi connectivity index (χ2v) is 8.57. The molecule has 2 aromatic carbocycles. The van der Waals surface area contributed by atoms with Gasteiger partial charge in [-0.15, -0.1) is 22.7 Å². The summed E-state index contributed by atoms with van der Waals surface area (Å²) in [6, 6.07) is 18.8. The van der Waals surface area contributed by atoms with Crippen molar-refractivity contribution in [1.82, 2.24) is 14.5 Å². The highest BCUT2D eigenvalue weighted by molar-refractivity contribution is 7.22. The van der Waals surface area contributed by atoms with Gasteiger partial charge in [-0.3, -0.25) is 9.78 Å². The van der Waals surface area contributed by atoms with E-state index in [2.05, 4.69) is 15.3 Å². The Bertz CT molecular complexity index is 1460. The minimum Gasteiger partial charge on any atom is -0.332 e. The lowest BCUT2D eigenvalue weighted by Crippen LogP contribution is -2.33. The molecule has 0 amide bonds. The fourth-order valence-electron chi connectivity index (χ4n) is 3.35. The molecule has 0 fully saturated rings. The van der Waals surface area contributed by atoms with Crippen LogP contribution in [0.3, 0.4) is 0 Å². The maximum atomic E-state index is 13.2. The summed E-state index contributed by atoms with van der Waals surface area (Å²) in [6.45, 7) is 1.90. The zero-order valence-corrected chi connectivity index (χ0v) is 17.5. The van der Waals surface area contributed by atoms with Crippen LogP contribution >= 0.6 is 22.7 Å². The number of aryl methyl sites for hydroxylation is 1. The average Bonchev–Trinajstić information content (AvgIpc) is 3.34.